The lowest BCUT2D eigenvalue weighted by atomic mass is 10.1. The summed E-state index contributed by atoms with van der Waals surface area (Å²) < 4.78 is 30.2. The summed E-state index contributed by atoms with van der Waals surface area (Å²) in [6.07, 6.45) is 0. The molecule has 2 aromatic rings. The van der Waals surface area contributed by atoms with Gasteiger partial charge < -0.3 is 9.64 Å². The Morgan fingerprint density at radius 3 is 2.79 bits per heavy atom. The summed E-state index contributed by atoms with van der Waals surface area (Å²) in [5.41, 5.74) is 1.24. The van der Waals surface area contributed by atoms with Crippen LogP contribution >= 0.6 is 0 Å². The number of anilines is 1. The summed E-state index contributed by atoms with van der Waals surface area (Å²) in [6.45, 7) is 0.130. The normalized spacial score (nSPS) is 16.7. The highest BCUT2D eigenvalue weighted by Crippen LogP contribution is 2.31. The van der Waals surface area contributed by atoms with Gasteiger partial charge in [0, 0.05) is 0 Å². The number of fused-ring (bicyclic) bond motifs is 1. The minimum absolute atomic E-state index is 0.130. The Morgan fingerprint density at radius 2 is 2.08 bits per heavy atom. The van der Waals surface area contributed by atoms with Gasteiger partial charge in [-0.05, 0) is 35.9 Å². The first kappa shape index (κ1) is 16.3. The molecule has 7 heteroatoms. The van der Waals surface area contributed by atoms with Gasteiger partial charge in [-0.2, -0.15) is 0 Å². The first-order chi connectivity index (χ1) is 11.5. The lowest BCUT2D eigenvalue weighted by Crippen LogP contribution is -2.38. The molecule has 0 saturated carbocycles. The molecule has 1 atom stereocenters. The van der Waals surface area contributed by atoms with E-state index in [2.05, 4.69) is 4.74 Å². The maximum absolute atomic E-state index is 13.4. The Hall–Kier alpha value is -2.54. The number of carbonyl (C=O) groups excluding carboxylic acids is 2. The van der Waals surface area contributed by atoms with Crippen molar-refractivity contribution >= 4 is 28.4 Å². The highest BCUT2D eigenvalue weighted by atomic mass is 32.2. The summed E-state index contributed by atoms with van der Waals surface area (Å²) in [7, 11) is -0.210. The number of methoxy groups -OCH3 is 1. The van der Waals surface area contributed by atoms with Gasteiger partial charge in [-0.3, -0.25) is 9.00 Å². The number of esters is 1. The smallest absolute Gasteiger partial charge is 0.337 e. The first-order valence-corrected chi connectivity index (χ1v) is 8.47. The van der Waals surface area contributed by atoms with Crippen LogP contribution in [0.5, 0.6) is 0 Å². The zero-order valence-electron chi connectivity index (χ0n) is 12.8. The number of halogens is 1. The van der Waals surface area contributed by atoms with E-state index in [-0.39, 0.29) is 23.8 Å². The van der Waals surface area contributed by atoms with Gasteiger partial charge in [0.1, 0.15) is 11.6 Å². The highest BCUT2D eigenvalue weighted by Gasteiger charge is 2.30. The number of carbonyl (C=O) groups is 2. The van der Waals surface area contributed by atoms with Gasteiger partial charge in [-0.15, -0.1) is 0 Å². The van der Waals surface area contributed by atoms with Gasteiger partial charge in [-0.1, -0.05) is 12.1 Å². The zero-order chi connectivity index (χ0) is 17.3. The van der Waals surface area contributed by atoms with Gasteiger partial charge in [0.2, 0.25) is 5.91 Å². The van der Waals surface area contributed by atoms with Crippen molar-refractivity contribution in [3.63, 3.8) is 0 Å². The highest BCUT2D eigenvalue weighted by molar-refractivity contribution is 7.86. The number of benzene rings is 2. The molecule has 1 aliphatic heterocycles. The van der Waals surface area contributed by atoms with Crippen LogP contribution in [0, 0.1) is 5.82 Å². The van der Waals surface area contributed by atoms with Gasteiger partial charge in [0.05, 0.1) is 40.6 Å². The van der Waals surface area contributed by atoms with Gasteiger partial charge in [-0.25, -0.2) is 9.18 Å². The summed E-state index contributed by atoms with van der Waals surface area (Å²) in [5.74, 6) is -1.43. The summed E-state index contributed by atoms with van der Waals surface area (Å²) in [5, 5.41) is 0. The summed E-state index contributed by atoms with van der Waals surface area (Å²) >= 11 is 0. The molecule has 0 aromatic heterocycles. The van der Waals surface area contributed by atoms with Crippen LogP contribution in [0.4, 0.5) is 10.1 Å². The number of ether oxygens (including phenoxy) is 1. The van der Waals surface area contributed by atoms with Crippen molar-refractivity contribution in [2.24, 2.45) is 0 Å². The maximum atomic E-state index is 13.4. The quantitative estimate of drug-likeness (QED) is 0.799. The molecule has 0 N–H and O–H groups in total. The van der Waals surface area contributed by atoms with Crippen LogP contribution in [0.25, 0.3) is 0 Å². The summed E-state index contributed by atoms with van der Waals surface area (Å²) in [4.78, 5) is 25.9. The van der Waals surface area contributed by atoms with E-state index in [1.54, 1.807) is 18.2 Å². The molecule has 0 aliphatic carbocycles. The standard InChI is InChI=1S/C17H14FNO4S/c1-23-17(21)12-5-6-15-14(8-12)19(16(20)10-24(15)22)9-11-3-2-4-13(18)7-11/h2-8H,9-10H2,1H3. The molecule has 1 unspecified atom stereocenters. The van der Waals surface area contributed by atoms with E-state index in [1.165, 1.54) is 36.3 Å². The van der Waals surface area contributed by atoms with Crippen LogP contribution in [0.1, 0.15) is 15.9 Å². The number of hydrogen-bond donors (Lipinski definition) is 0. The molecule has 1 heterocycles. The van der Waals surface area contributed by atoms with E-state index >= 15 is 0 Å². The predicted molar refractivity (Wildman–Crippen MR) is 86.6 cm³/mol. The molecule has 0 spiro atoms. The monoisotopic (exact) mass is 347 g/mol. The fourth-order valence-electron chi connectivity index (χ4n) is 2.56. The Labute approximate surface area is 140 Å². The van der Waals surface area contributed by atoms with Crippen molar-refractivity contribution in [1.29, 1.82) is 0 Å². The van der Waals surface area contributed by atoms with Crippen LogP contribution in [-0.4, -0.2) is 28.9 Å². The third-order valence-electron chi connectivity index (χ3n) is 3.70. The molecular formula is C17H14FNO4S. The van der Waals surface area contributed by atoms with Crippen molar-refractivity contribution < 1.29 is 22.9 Å². The fraction of sp³-hybridized carbons (Fsp3) is 0.176. The molecule has 0 saturated heterocycles. The maximum Gasteiger partial charge on any atom is 0.337 e. The Kier molecular flexibility index (Phi) is 4.44. The molecule has 124 valence electrons. The van der Waals surface area contributed by atoms with Crippen molar-refractivity contribution in [3.05, 3.63) is 59.4 Å². The van der Waals surface area contributed by atoms with E-state index in [0.29, 0.717) is 16.1 Å². The Bertz CT molecular complexity index is 852. The van der Waals surface area contributed by atoms with Crippen LogP contribution in [0.3, 0.4) is 0 Å². The third kappa shape index (κ3) is 3.07. The number of rotatable bonds is 3. The van der Waals surface area contributed by atoms with E-state index in [1.807, 2.05) is 0 Å². The second-order valence-corrected chi connectivity index (χ2v) is 6.69. The van der Waals surface area contributed by atoms with E-state index < -0.39 is 22.6 Å². The second-order valence-electron chi connectivity index (χ2n) is 5.27. The van der Waals surface area contributed by atoms with Crippen LogP contribution in [-0.2, 0) is 26.9 Å². The number of nitrogens with zero attached hydrogens (tertiary/aromatic N) is 1. The Balaban J connectivity index is 2.04. The Morgan fingerprint density at radius 1 is 1.29 bits per heavy atom. The molecule has 0 bridgehead atoms. The predicted octanol–water partition coefficient (Wildman–Crippen LogP) is 2.27. The molecule has 0 radical (unpaired) electrons. The molecular weight excluding hydrogens is 333 g/mol. The second kappa shape index (κ2) is 6.52. The SMILES string of the molecule is COC(=O)c1ccc2c(c1)N(Cc1cccc(F)c1)C(=O)CS2=O. The van der Waals surface area contributed by atoms with Crippen molar-refractivity contribution in [2.45, 2.75) is 11.4 Å². The minimum atomic E-state index is -1.47. The van der Waals surface area contributed by atoms with Crippen molar-refractivity contribution in [1.82, 2.24) is 0 Å². The van der Waals surface area contributed by atoms with Crippen molar-refractivity contribution in [3.8, 4) is 0 Å². The van der Waals surface area contributed by atoms with Crippen molar-refractivity contribution in [2.75, 3.05) is 17.8 Å². The molecule has 24 heavy (non-hydrogen) atoms. The van der Waals surface area contributed by atoms with E-state index in [0.717, 1.165) is 0 Å². The van der Waals surface area contributed by atoms with E-state index in [4.69, 9.17) is 0 Å². The first-order valence-electron chi connectivity index (χ1n) is 7.15. The third-order valence-corrected chi connectivity index (χ3v) is 5.05. The van der Waals surface area contributed by atoms with Crippen LogP contribution < -0.4 is 4.90 Å². The molecule has 2 aromatic carbocycles. The zero-order valence-corrected chi connectivity index (χ0v) is 13.6. The van der Waals surface area contributed by atoms with Gasteiger partial charge >= 0.3 is 5.97 Å². The fourth-order valence-corrected chi connectivity index (χ4v) is 3.72. The minimum Gasteiger partial charge on any atom is -0.465 e. The molecule has 3 rings (SSSR count). The largest absolute Gasteiger partial charge is 0.465 e. The lowest BCUT2D eigenvalue weighted by molar-refractivity contribution is -0.116. The average Bonchev–Trinajstić information content (AvgIpc) is 2.57. The number of hydrogen-bond acceptors (Lipinski definition) is 4. The topological polar surface area (TPSA) is 63.7 Å². The average molecular weight is 347 g/mol. The van der Waals surface area contributed by atoms with Crippen LogP contribution in [0.15, 0.2) is 47.4 Å². The van der Waals surface area contributed by atoms with Gasteiger partial charge in [0.15, 0.2) is 0 Å². The molecule has 1 amide bonds. The summed E-state index contributed by atoms with van der Waals surface area (Å²) in [6, 6.07) is 10.5. The molecule has 5 nitrogen and oxygen atoms in total. The molecule has 0 fully saturated rings. The van der Waals surface area contributed by atoms with Crippen LogP contribution in [0.2, 0.25) is 0 Å². The molecule has 1 aliphatic rings. The number of amides is 1. The lowest BCUT2D eigenvalue weighted by Gasteiger charge is -2.29. The van der Waals surface area contributed by atoms with E-state index in [9.17, 15) is 18.2 Å². The van der Waals surface area contributed by atoms with Gasteiger partial charge in [0.25, 0.3) is 0 Å².